The predicted octanol–water partition coefficient (Wildman–Crippen LogP) is 3.96. The van der Waals surface area contributed by atoms with Gasteiger partial charge >= 0.3 is 0 Å². The first-order chi connectivity index (χ1) is 8.70. The van der Waals surface area contributed by atoms with E-state index in [1.54, 1.807) is 11.3 Å². The smallest absolute Gasteiger partial charge is 0.125 e. The Bertz CT molecular complexity index is 546. The highest BCUT2D eigenvalue weighted by Crippen LogP contribution is 2.29. The van der Waals surface area contributed by atoms with Gasteiger partial charge in [-0.25, -0.2) is 9.37 Å². The molecule has 0 spiro atoms. The van der Waals surface area contributed by atoms with Gasteiger partial charge in [0.15, 0.2) is 0 Å². The Hall–Kier alpha value is -0.780. The van der Waals surface area contributed by atoms with Crippen LogP contribution in [0.15, 0.2) is 28.9 Å². The molecule has 5 heteroatoms. The monoisotopic (exact) mass is 326 g/mol. The van der Waals surface area contributed by atoms with Crippen molar-refractivity contribution >= 4 is 27.3 Å². The molecule has 1 N–H and O–H groups in total. The van der Waals surface area contributed by atoms with Gasteiger partial charge in [-0.1, -0.05) is 15.9 Å². The van der Waals surface area contributed by atoms with Crippen molar-refractivity contribution in [1.82, 2.24) is 10.3 Å². The van der Waals surface area contributed by atoms with Crippen LogP contribution in [0, 0.1) is 5.82 Å². The van der Waals surface area contributed by atoms with Crippen molar-refractivity contribution < 1.29 is 4.39 Å². The number of halogens is 2. The van der Waals surface area contributed by atoms with Crippen molar-refractivity contribution in [2.45, 2.75) is 25.4 Å². The standard InChI is InChI=1S/C13H12BrFN2S/c14-9-3-8(4-10(15)5-9)13-17-7-12(18-13)6-16-11-1-2-11/h3-5,7,11,16H,1-2,6H2. The van der Waals surface area contributed by atoms with Gasteiger partial charge in [-0.2, -0.15) is 0 Å². The Kier molecular flexibility index (Phi) is 3.46. The number of thiazole rings is 1. The van der Waals surface area contributed by atoms with E-state index < -0.39 is 0 Å². The van der Waals surface area contributed by atoms with E-state index in [4.69, 9.17) is 0 Å². The largest absolute Gasteiger partial charge is 0.309 e. The number of rotatable bonds is 4. The summed E-state index contributed by atoms with van der Waals surface area (Å²) in [6.07, 6.45) is 4.43. The summed E-state index contributed by atoms with van der Waals surface area (Å²) in [4.78, 5) is 5.55. The van der Waals surface area contributed by atoms with Crippen LogP contribution in [0.5, 0.6) is 0 Å². The molecule has 18 heavy (non-hydrogen) atoms. The Morgan fingerprint density at radius 2 is 2.22 bits per heavy atom. The van der Waals surface area contributed by atoms with E-state index in [0.29, 0.717) is 6.04 Å². The molecule has 2 nitrogen and oxygen atoms in total. The average molecular weight is 327 g/mol. The molecule has 1 aromatic heterocycles. The number of hydrogen-bond donors (Lipinski definition) is 1. The molecule has 0 atom stereocenters. The molecule has 2 aromatic rings. The molecule has 0 aliphatic heterocycles. The fraction of sp³-hybridized carbons (Fsp3) is 0.308. The normalized spacial score (nSPS) is 15.0. The third kappa shape index (κ3) is 2.96. The van der Waals surface area contributed by atoms with Crippen molar-refractivity contribution in [2.75, 3.05) is 0 Å². The van der Waals surface area contributed by atoms with E-state index in [-0.39, 0.29) is 5.82 Å². The van der Waals surface area contributed by atoms with Crippen LogP contribution in [-0.2, 0) is 6.54 Å². The number of aromatic nitrogens is 1. The van der Waals surface area contributed by atoms with Gasteiger partial charge in [0.2, 0.25) is 0 Å². The topological polar surface area (TPSA) is 24.9 Å². The van der Waals surface area contributed by atoms with E-state index in [9.17, 15) is 4.39 Å². The fourth-order valence-corrected chi connectivity index (χ4v) is 3.05. The molecule has 0 bridgehead atoms. The predicted molar refractivity (Wildman–Crippen MR) is 75.1 cm³/mol. The second kappa shape index (κ2) is 5.07. The highest BCUT2D eigenvalue weighted by Gasteiger charge is 2.20. The lowest BCUT2D eigenvalue weighted by atomic mass is 10.2. The van der Waals surface area contributed by atoms with Crippen molar-refractivity contribution in [3.05, 3.63) is 39.6 Å². The van der Waals surface area contributed by atoms with Crippen molar-refractivity contribution in [2.24, 2.45) is 0 Å². The van der Waals surface area contributed by atoms with Gasteiger partial charge < -0.3 is 5.32 Å². The van der Waals surface area contributed by atoms with Crippen LogP contribution in [0.3, 0.4) is 0 Å². The lowest BCUT2D eigenvalue weighted by Gasteiger charge is -1.99. The molecule has 1 aliphatic rings. The van der Waals surface area contributed by atoms with E-state index in [0.717, 1.165) is 21.6 Å². The first-order valence-electron chi connectivity index (χ1n) is 5.85. The maximum atomic E-state index is 13.3. The van der Waals surface area contributed by atoms with Crippen molar-refractivity contribution in [1.29, 1.82) is 0 Å². The van der Waals surface area contributed by atoms with Crippen LogP contribution in [0.2, 0.25) is 0 Å². The summed E-state index contributed by atoms with van der Waals surface area (Å²) in [6.45, 7) is 0.860. The summed E-state index contributed by atoms with van der Waals surface area (Å²) in [5.41, 5.74) is 0.824. The van der Waals surface area contributed by atoms with E-state index >= 15 is 0 Å². The van der Waals surface area contributed by atoms with Crippen LogP contribution in [-0.4, -0.2) is 11.0 Å². The zero-order valence-corrected chi connectivity index (χ0v) is 12.0. The molecule has 1 fully saturated rings. The summed E-state index contributed by atoms with van der Waals surface area (Å²) >= 11 is 4.91. The summed E-state index contributed by atoms with van der Waals surface area (Å²) in [5.74, 6) is -0.243. The lowest BCUT2D eigenvalue weighted by Crippen LogP contribution is -2.14. The quantitative estimate of drug-likeness (QED) is 0.919. The minimum atomic E-state index is -0.243. The Labute approximate surface area is 117 Å². The molecule has 1 heterocycles. The van der Waals surface area contributed by atoms with Crippen LogP contribution < -0.4 is 5.32 Å². The van der Waals surface area contributed by atoms with Gasteiger partial charge in [0, 0.05) is 33.7 Å². The molecule has 3 rings (SSSR count). The average Bonchev–Trinajstić information content (AvgIpc) is 3.02. The minimum absolute atomic E-state index is 0.243. The van der Waals surface area contributed by atoms with Gasteiger partial charge in [-0.3, -0.25) is 0 Å². The first-order valence-corrected chi connectivity index (χ1v) is 7.46. The molecule has 1 aromatic carbocycles. The van der Waals surface area contributed by atoms with E-state index in [1.165, 1.54) is 29.9 Å². The Morgan fingerprint density at radius 1 is 1.39 bits per heavy atom. The van der Waals surface area contributed by atoms with Gasteiger partial charge in [-0.05, 0) is 31.0 Å². The zero-order chi connectivity index (χ0) is 12.5. The second-order valence-electron chi connectivity index (χ2n) is 4.45. The van der Waals surface area contributed by atoms with Gasteiger partial charge in [0.05, 0.1) is 0 Å². The van der Waals surface area contributed by atoms with Crippen LogP contribution >= 0.6 is 27.3 Å². The van der Waals surface area contributed by atoms with Crippen LogP contribution in [0.1, 0.15) is 17.7 Å². The fourth-order valence-electron chi connectivity index (χ4n) is 1.73. The first kappa shape index (κ1) is 12.3. The van der Waals surface area contributed by atoms with E-state index in [2.05, 4.69) is 26.2 Å². The molecular weight excluding hydrogens is 315 g/mol. The van der Waals surface area contributed by atoms with Crippen molar-refractivity contribution in [3.8, 4) is 10.6 Å². The molecule has 1 saturated carbocycles. The Balaban J connectivity index is 1.78. The highest BCUT2D eigenvalue weighted by molar-refractivity contribution is 9.10. The highest BCUT2D eigenvalue weighted by atomic mass is 79.9. The SMILES string of the molecule is Fc1cc(Br)cc(-c2ncc(CNC3CC3)s2)c1. The maximum Gasteiger partial charge on any atom is 0.125 e. The van der Waals surface area contributed by atoms with Crippen molar-refractivity contribution in [3.63, 3.8) is 0 Å². The Morgan fingerprint density at radius 3 is 2.94 bits per heavy atom. The van der Waals surface area contributed by atoms with Gasteiger partial charge in [0.25, 0.3) is 0 Å². The molecule has 0 radical (unpaired) electrons. The molecule has 0 saturated heterocycles. The maximum absolute atomic E-state index is 13.3. The third-order valence-electron chi connectivity index (χ3n) is 2.81. The summed E-state index contributed by atoms with van der Waals surface area (Å²) in [7, 11) is 0. The lowest BCUT2D eigenvalue weighted by molar-refractivity contribution is 0.627. The number of hydrogen-bond acceptors (Lipinski definition) is 3. The minimum Gasteiger partial charge on any atom is -0.309 e. The van der Waals surface area contributed by atoms with E-state index in [1.807, 2.05) is 12.3 Å². The molecular formula is C13H12BrFN2S. The van der Waals surface area contributed by atoms with Gasteiger partial charge in [0.1, 0.15) is 10.8 Å². The molecule has 1 aliphatic carbocycles. The number of benzene rings is 1. The third-order valence-corrected chi connectivity index (χ3v) is 4.31. The zero-order valence-electron chi connectivity index (χ0n) is 9.62. The summed E-state index contributed by atoms with van der Waals surface area (Å²) in [5, 5.41) is 4.31. The summed E-state index contributed by atoms with van der Waals surface area (Å²) in [6, 6.07) is 5.55. The van der Waals surface area contributed by atoms with Gasteiger partial charge in [-0.15, -0.1) is 11.3 Å². The summed E-state index contributed by atoms with van der Waals surface area (Å²) < 4.78 is 14.1. The number of nitrogens with one attached hydrogen (secondary N) is 1. The molecule has 0 unspecified atom stereocenters. The number of nitrogens with zero attached hydrogens (tertiary/aromatic N) is 1. The molecule has 94 valence electrons. The second-order valence-corrected chi connectivity index (χ2v) is 6.48. The van der Waals surface area contributed by atoms with Crippen LogP contribution in [0.25, 0.3) is 10.6 Å². The molecule has 0 amide bonds. The van der Waals surface area contributed by atoms with Crippen LogP contribution in [0.4, 0.5) is 4.39 Å².